The van der Waals surface area contributed by atoms with Crippen molar-refractivity contribution >= 4 is 27.2 Å². The van der Waals surface area contributed by atoms with Gasteiger partial charge in [-0.25, -0.2) is 4.98 Å². The molecule has 2 rings (SSSR count). The number of thiophene rings is 1. The molecule has 2 aromatic heterocycles. The van der Waals surface area contributed by atoms with Gasteiger partial charge in [-0.2, -0.15) is 0 Å². The number of nitrogens with zero attached hydrogens (tertiary/aromatic N) is 1. The average Bonchev–Trinajstić information content (AvgIpc) is 2.33. The van der Waals surface area contributed by atoms with E-state index in [1.54, 1.807) is 17.5 Å². The molecule has 0 amide bonds. The van der Waals surface area contributed by atoms with E-state index in [1.807, 2.05) is 17.5 Å². The van der Waals surface area contributed by atoms with Crippen molar-refractivity contribution in [1.29, 1.82) is 0 Å². The summed E-state index contributed by atoms with van der Waals surface area (Å²) in [6.07, 6.45) is 1.68. The summed E-state index contributed by atoms with van der Waals surface area (Å²) in [4.78, 5) is 5.18. The molecule has 10 heavy (non-hydrogen) atoms. The van der Waals surface area contributed by atoms with E-state index < -0.39 is 0 Å². The van der Waals surface area contributed by atoms with Crippen molar-refractivity contribution < 1.29 is 0 Å². The Balaban J connectivity index is 2.86. The van der Waals surface area contributed by atoms with Gasteiger partial charge in [0.1, 0.15) is 4.83 Å². The molecule has 0 aliphatic heterocycles. The number of aromatic nitrogens is 1. The van der Waals surface area contributed by atoms with Crippen molar-refractivity contribution in [3.8, 4) is 0 Å². The second kappa shape index (κ2) is 1.95. The number of anilines is 1. The molecule has 2 nitrogen and oxygen atoms in total. The highest BCUT2D eigenvalue weighted by Crippen LogP contribution is 2.19. The second-order valence-corrected chi connectivity index (χ2v) is 2.98. The summed E-state index contributed by atoms with van der Waals surface area (Å²) in [6.45, 7) is 0. The van der Waals surface area contributed by atoms with E-state index >= 15 is 0 Å². The van der Waals surface area contributed by atoms with Gasteiger partial charge >= 0.3 is 0 Å². The Hall–Kier alpha value is -1.09. The van der Waals surface area contributed by atoms with Gasteiger partial charge in [0.05, 0.1) is 11.9 Å². The minimum Gasteiger partial charge on any atom is -0.397 e. The fraction of sp³-hybridized carbons (Fsp3) is 0. The minimum atomic E-state index is 0.728. The molecule has 0 saturated carbocycles. The molecule has 0 fully saturated rings. The van der Waals surface area contributed by atoms with E-state index in [1.165, 1.54) is 0 Å². The normalized spacial score (nSPS) is 10.4. The van der Waals surface area contributed by atoms with E-state index in [9.17, 15) is 0 Å². The molecule has 0 radical (unpaired) electrons. The topological polar surface area (TPSA) is 38.9 Å². The first-order chi connectivity index (χ1) is 4.86. The molecular weight excluding hydrogens is 144 g/mol. The molecule has 0 spiro atoms. The molecule has 0 aromatic carbocycles. The molecule has 0 aliphatic rings. The van der Waals surface area contributed by atoms with Gasteiger partial charge in [-0.05, 0) is 17.5 Å². The molecule has 0 atom stereocenters. The lowest BCUT2D eigenvalue weighted by Gasteiger charge is -1.89. The largest absolute Gasteiger partial charge is 0.397 e. The third-order valence-electron chi connectivity index (χ3n) is 1.33. The van der Waals surface area contributed by atoms with Crippen molar-refractivity contribution in [2.45, 2.75) is 0 Å². The SMILES string of the molecule is Nc1cnc2sccc2c1. The second-order valence-electron chi connectivity index (χ2n) is 2.08. The van der Waals surface area contributed by atoms with Crippen LogP contribution in [0.15, 0.2) is 23.7 Å². The zero-order valence-corrected chi connectivity index (χ0v) is 6.06. The molecule has 2 aromatic rings. The Morgan fingerprint density at radius 3 is 3.30 bits per heavy atom. The van der Waals surface area contributed by atoms with Gasteiger partial charge in [0.2, 0.25) is 0 Å². The smallest absolute Gasteiger partial charge is 0.123 e. The lowest BCUT2D eigenvalue weighted by atomic mass is 10.3. The van der Waals surface area contributed by atoms with Crippen molar-refractivity contribution in [2.75, 3.05) is 5.73 Å². The van der Waals surface area contributed by atoms with Gasteiger partial charge in [-0.3, -0.25) is 0 Å². The number of hydrogen-bond acceptors (Lipinski definition) is 3. The van der Waals surface area contributed by atoms with Gasteiger partial charge in [-0.15, -0.1) is 11.3 Å². The Labute approximate surface area is 62.3 Å². The highest BCUT2D eigenvalue weighted by Gasteiger charge is 1.93. The van der Waals surface area contributed by atoms with Crippen molar-refractivity contribution in [3.63, 3.8) is 0 Å². The third kappa shape index (κ3) is 0.752. The van der Waals surface area contributed by atoms with Crippen molar-refractivity contribution in [2.24, 2.45) is 0 Å². The van der Waals surface area contributed by atoms with Gasteiger partial charge in [-0.1, -0.05) is 0 Å². The molecule has 0 saturated heterocycles. The molecule has 0 bridgehead atoms. The predicted molar refractivity (Wildman–Crippen MR) is 44.0 cm³/mol. The van der Waals surface area contributed by atoms with Crippen LogP contribution in [0.3, 0.4) is 0 Å². The summed E-state index contributed by atoms with van der Waals surface area (Å²) in [6, 6.07) is 3.95. The summed E-state index contributed by atoms with van der Waals surface area (Å²) < 4.78 is 0. The fourth-order valence-electron chi connectivity index (χ4n) is 0.876. The molecule has 0 unspecified atom stereocenters. The van der Waals surface area contributed by atoms with Gasteiger partial charge in [0.25, 0.3) is 0 Å². The zero-order valence-electron chi connectivity index (χ0n) is 5.24. The van der Waals surface area contributed by atoms with Crippen molar-refractivity contribution in [3.05, 3.63) is 23.7 Å². The van der Waals surface area contributed by atoms with E-state index in [0.717, 1.165) is 15.9 Å². The van der Waals surface area contributed by atoms with E-state index in [0.29, 0.717) is 0 Å². The molecule has 0 aliphatic carbocycles. The predicted octanol–water partition coefficient (Wildman–Crippen LogP) is 1.88. The Morgan fingerprint density at radius 2 is 2.40 bits per heavy atom. The average molecular weight is 150 g/mol. The first-order valence-electron chi connectivity index (χ1n) is 2.95. The Kier molecular flexibility index (Phi) is 1.11. The third-order valence-corrected chi connectivity index (χ3v) is 2.16. The number of fused-ring (bicyclic) bond motifs is 1. The van der Waals surface area contributed by atoms with Gasteiger partial charge < -0.3 is 5.73 Å². The molecule has 2 heterocycles. The number of rotatable bonds is 0. The highest BCUT2D eigenvalue weighted by molar-refractivity contribution is 7.16. The van der Waals surface area contributed by atoms with E-state index in [2.05, 4.69) is 4.98 Å². The maximum atomic E-state index is 5.53. The Bertz CT molecular complexity index is 353. The van der Waals surface area contributed by atoms with E-state index in [-0.39, 0.29) is 0 Å². The molecule has 2 N–H and O–H groups in total. The first kappa shape index (κ1) is 5.68. The van der Waals surface area contributed by atoms with Gasteiger partial charge in [0.15, 0.2) is 0 Å². The monoisotopic (exact) mass is 150 g/mol. The van der Waals surface area contributed by atoms with Crippen LogP contribution in [-0.4, -0.2) is 4.98 Å². The fourth-order valence-corrected chi connectivity index (χ4v) is 1.60. The van der Waals surface area contributed by atoms with Crippen LogP contribution in [0.4, 0.5) is 5.69 Å². The summed E-state index contributed by atoms with van der Waals surface area (Å²) in [5.74, 6) is 0. The van der Waals surface area contributed by atoms with Crippen LogP contribution < -0.4 is 5.73 Å². The van der Waals surface area contributed by atoms with Crippen LogP contribution in [-0.2, 0) is 0 Å². The maximum Gasteiger partial charge on any atom is 0.123 e. The van der Waals surface area contributed by atoms with Crippen LogP contribution in [0.5, 0.6) is 0 Å². The van der Waals surface area contributed by atoms with E-state index in [4.69, 9.17) is 5.73 Å². The number of hydrogen-bond donors (Lipinski definition) is 1. The maximum absolute atomic E-state index is 5.53. The van der Waals surface area contributed by atoms with Gasteiger partial charge in [0, 0.05) is 5.39 Å². The minimum absolute atomic E-state index is 0.728. The van der Waals surface area contributed by atoms with Crippen molar-refractivity contribution in [1.82, 2.24) is 4.98 Å². The van der Waals surface area contributed by atoms with Crippen LogP contribution >= 0.6 is 11.3 Å². The quantitative estimate of drug-likeness (QED) is 0.622. The lowest BCUT2D eigenvalue weighted by Crippen LogP contribution is -1.83. The Morgan fingerprint density at radius 1 is 1.50 bits per heavy atom. The number of nitrogens with two attached hydrogens (primary N) is 1. The zero-order chi connectivity index (χ0) is 6.97. The summed E-state index contributed by atoms with van der Waals surface area (Å²) in [5.41, 5.74) is 6.25. The standard InChI is InChI=1S/C7H6N2S/c8-6-3-5-1-2-10-7(5)9-4-6/h1-4H,8H2. The van der Waals surface area contributed by atoms with Crippen LogP contribution in [0.25, 0.3) is 10.2 Å². The summed E-state index contributed by atoms with van der Waals surface area (Å²) >= 11 is 1.63. The number of pyridine rings is 1. The molecule has 3 heteroatoms. The summed E-state index contributed by atoms with van der Waals surface area (Å²) in [7, 11) is 0. The molecular formula is C7H6N2S. The molecule has 50 valence electrons. The number of nitrogen functional groups attached to an aromatic ring is 1. The first-order valence-corrected chi connectivity index (χ1v) is 3.83. The lowest BCUT2D eigenvalue weighted by molar-refractivity contribution is 1.45. The highest BCUT2D eigenvalue weighted by atomic mass is 32.1. The van der Waals surface area contributed by atoms with Crippen LogP contribution in [0.1, 0.15) is 0 Å². The van der Waals surface area contributed by atoms with Crippen LogP contribution in [0, 0.1) is 0 Å². The van der Waals surface area contributed by atoms with Crippen LogP contribution in [0.2, 0.25) is 0 Å². The summed E-state index contributed by atoms with van der Waals surface area (Å²) in [5, 5.41) is 3.14.